The van der Waals surface area contributed by atoms with Gasteiger partial charge in [-0.1, -0.05) is 43.2 Å². The second-order valence-corrected chi connectivity index (χ2v) is 8.50. The fourth-order valence-electron chi connectivity index (χ4n) is 4.38. The minimum atomic E-state index is 0. The molecular weight excluding hydrogens is 350 g/mol. The third-order valence-electron chi connectivity index (χ3n) is 5.70. The van der Waals surface area contributed by atoms with Gasteiger partial charge in [-0.05, 0) is 30.9 Å². The van der Waals surface area contributed by atoms with E-state index in [9.17, 15) is 0 Å². The highest BCUT2D eigenvalue weighted by atomic mass is 35.5. The van der Waals surface area contributed by atoms with E-state index in [1.807, 2.05) is 11.3 Å². The van der Waals surface area contributed by atoms with E-state index in [-0.39, 0.29) is 12.4 Å². The van der Waals surface area contributed by atoms with Gasteiger partial charge in [0, 0.05) is 42.5 Å². The van der Waals surface area contributed by atoms with Crippen molar-refractivity contribution in [3.63, 3.8) is 0 Å². The minimum absolute atomic E-state index is 0. The van der Waals surface area contributed by atoms with Crippen LogP contribution >= 0.6 is 23.7 Å². The number of aromatic nitrogens is 1. The summed E-state index contributed by atoms with van der Waals surface area (Å²) in [6, 6.07) is 10.9. The van der Waals surface area contributed by atoms with E-state index >= 15 is 0 Å². The molecule has 1 aliphatic heterocycles. The molecule has 1 aliphatic carbocycles. The van der Waals surface area contributed by atoms with E-state index in [0.29, 0.717) is 11.8 Å². The van der Waals surface area contributed by atoms with Gasteiger partial charge in [0.15, 0.2) is 0 Å². The number of hydrogen-bond acceptors (Lipinski definition) is 4. The van der Waals surface area contributed by atoms with Gasteiger partial charge in [-0.15, -0.1) is 23.7 Å². The first-order chi connectivity index (χ1) is 11.8. The molecule has 2 fully saturated rings. The molecule has 1 saturated heterocycles. The SMILES string of the molecule is Cl.NC[C@@H]1CN(Cc2cnc(C3CCCC3)s2)C[C@H]1c1ccccc1. The lowest BCUT2D eigenvalue weighted by Crippen LogP contribution is -2.22. The second kappa shape index (κ2) is 8.63. The van der Waals surface area contributed by atoms with Crippen molar-refractivity contribution in [2.75, 3.05) is 19.6 Å². The second-order valence-electron chi connectivity index (χ2n) is 7.35. The van der Waals surface area contributed by atoms with Gasteiger partial charge in [0.2, 0.25) is 0 Å². The number of halogens is 1. The smallest absolute Gasteiger partial charge is 0.0959 e. The molecule has 0 bridgehead atoms. The highest BCUT2D eigenvalue weighted by Gasteiger charge is 2.33. The zero-order valence-corrected chi connectivity index (χ0v) is 16.3. The van der Waals surface area contributed by atoms with Crippen LogP contribution in [0.1, 0.15) is 53.0 Å². The highest BCUT2D eigenvalue weighted by molar-refractivity contribution is 7.11. The summed E-state index contributed by atoms with van der Waals surface area (Å²) < 4.78 is 0. The van der Waals surface area contributed by atoms with Gasteiger partial charge in [-0.3, -0.25) is 4.90 Å². The summed E-state index contributed by atoms with van der Waals surface area (Å²) in [6.07, 6.45) is 7.54. The molecule has 0 radical (unpaired) electrons. The summed E-state index contributed by atoms with van der Waals surface area (Å²) >= 11 is 1.94. The van der Waals surface area contributed by atoms with E-state index < -0.39 is 0 Å². The molecule has 2 N–H and O–H groups in total. The topological polar surface area (TPSA) is 42.1 Å². The van der Waals surface area contributed by atoms with Crippen molar-refractivity contribution < 1.29 is 0 Å². The van der Waals surface area contributed by atoms with Crippen LogP contribution in [0.25, 0.3) is 0 Å². The number of nitrogens with zero attached hydrogens (tertiary/aromatic N) is 2. The van der Waals surface area contributed by atoms with Crippen molar-refractivity contribution in [1.82, 2.24) is 9.88 Å². The van der Waals surface area contributed by atoms with Crippen molar-refractivity contribution in [2.45, 2.75) is 44.1 Å². The number of likely N-dealkylation sites (tertiary alicyclic amines) is 1. The lowest BCUT2D eigenvalue weighted by Gasteiger charge is -2.16. The number of hydrogen-bond donors (Lipinski definition) is 1. The molecule has 3 nitrogen and oxygen atoms in total. The molecule has 25 heavy (non-hydrogen) atoms. The summed E-state index contributed by atoms with van der Waals surface area (Å²) in [5.41, 5.74) is 7.50. The molecule has 0 spiro atoms. The zero-order valence-electron chi connectivity index (χ0n) is 14.6. The average molecular weight is 378 g/mol. The van der Waals surface area contributed by atoms with Crippen LogP contribution in [-0.4, -0.2) is 29.5 Å². The van der Waals surface area contributed by atoms with Gasteiger partial charge in [0.1, 0.15) is 0 Å². The Labute approximate surface area is 161 Å². The predicted octanol–water partition coefficient (Wildman–Crippen LogP) is 4.40. The molecule has 1 aromatic carbocycles. The van der Waals surface area contributed by atoms with Gasteiger partial charge in [0.05, 0.1) is 5.01 Å². The third kappa shape index (κ3) is 4.25. The van der Waals surface area contributed by atoms with Crippen molar-refractivity contribution in [3.8, 4) is 0 Å². The fourth-order valence-corrected chi connectivity index (χ4v) is 5.51. The molecule has 2 aromatic rings. The highest BCUT2D eigenvalue weighted by Crippen LogP contribution is 2.37. The van der Waals surface area contributed by atoms with Crippen molar-refractivity contribution >= 4 is 23.7 Å². The van der Waals surface area contributed by atoms with Gasteiger partial charge in [-0.25, -0.2) is 4.98 Å². The summed E-state index contributed by atoms with van der Waals surface area (Å²) in [7, 11) is 0. The quantitative estimate of drug-likeness (QED) is 0.839. The summed E-state index contributed by atoms with van der Waals surface area (Å²) in [6.45, 7) is 4.02. The summed E-state index contributed by atoms with van der Waals surface area (Å²) in [4.78, 5) is 8.71. The third-order valence-corrected chi connectivity index (χ3v) is 6.85. The average Bonchev–Trinajstić information content (AvgIpc) is 3.36. The first-order valence-corrected chi connectivity index (χ1v) is 10.1. The lowest BCUT2D eigenvalue weighted by atomic mass is 9.89. The van der Waals surface area contributed by atoms with E-state index in [1.165, 1.54) is 41.1 Å². The van der Waals surface area contributed by atoms with E-state index in [1.54, 1.807) is 0 Å². The minimum Gasteiger partial charge on any atom is -0.330 e. The van der Waals surface area contributed by atoms with E-state index in [0.717, 1.165) is 32.1 Å². The molecule has 5 heteroatoms. The monoisotopic (exact) mass is 377 g/mol. The van der Waals surface area contributed by atoms with Crippen molar-refractivity contribution in [1.29, 1.82) is 0 Å². The molecule has 2 atom stereocenters. The Balaban J connectivity index is 0.00000182. The van der Waals surface area contributed by atoms with Crippen LogP contribution in [0, 0.1) is 5.92 Å². The van der Waals surface area contributed by atoms with Crippen LogP contribution in [0.2, 0.25) is 0 Å². The maximum absolute atomic E-state index is 6.07. The Bertz CT molecular complexity index is 654. The molecule has 0 unspecified atom stereocenters. The molecular formula is C20H28ClN3S. The first-order valence-electron chi connectivity index (χ1n) is 9.25. The standard InChI is InChI=1S/C20H27N3S.ClH/c21-10-17-12-23(14-19(17)15-6-2-1-3-7-15)13-18-11-22-20(24-18)16-8-4-5-9-16;/h1-3,6-7,11,16-17,19H,4-5,8-10,12-14,21H2;1H/t17-,19+;/m1./s1. The Morgan fingerprint density at radius 2 is 1.88 bits per heavy atom. The van der Waals surface area contributed by atoms with Crippen LogP contribution in [0.4, 0.5) is 0 Å². The zero-order chi connectivity index (χ0) is 16.4. The van der Waals surface area contributed by atoms with Gasteiger partial charge >= 0.3 is 0 Å². The van der Waals surface area contributed by atoms with Gasteiger partial charge in [0.25, 0.3) is 0 Å². The largest absolute Gasteiger partial charge is 0.330 e. The maximum Gasteiger partial charge on any atom is 0.0959 e. The van der Waals surface area contributed by atoms with Crippen LogP contribution in [0.3, 0.4) is 0 Å². The van der Waals surface area contributed by atoms with Crippen molar-refractivity contribution in [2.24, 2.45) is 11.7 Å². The van der Waals surface area contributed by atoms with Crippen LogP contribution in [0.5, 0.6) is 0 Å². The molecule has 1 aromatic heterocycles. The predicted molar refractivity (Wildman–Crippen MR) is 108 cm³/mol. The summed E-state index contributed by atoms with van der Waals surface area (Å²) in [5.74, 6) is 1.87. The molecule has 0 amide bonds. The first kappa shape index (κ1) is 18.8. The fraction of sp³-hybridized carbons (Fsp3) is 0.550. The lowest BCUT2D eigenvalue weighted by molar-refractivity contribution is 0.319. The number of nitrogens with two attached hydrogens (primary N) is 1. The van der Waals surface area contributed by atoms with E-state index in [2.05, 4.69) is 41.4 Å². The normalized spacial score (nSPS) is 24.5. The number of rotatable bonds is 5. The van der Waals surface area contributed by atoms with Crippen LogP contribution in [0.15, 0.2) is 36.5 Å². The Hall–Kier alpha value is -0.940. The van der Waals surface area contributed by atoms with Gasteiger partial charge < -0.3 is 5.73 Å². The van der Waals surface area contributed by atoms with E-state index in [4.69, 9.17) is 10.7 Å². The molecule has 4 rings (SSSR count). The Kier molecular flexibility index (Phi) is 6.50. The summed E-state index contributed by atoms with van der Waals surface area (Å²) in [5, 5.41) is 1.37. The van der Waals surface area contributed by atoms with Crippen LogP contribution in [-0.2, 0) is 6.54 Å². The number of thiazole rings is 1. The molecule has 136 valence electrons. The van der Waals surface area contributed by atoms with Crippen LogP contribution < -0.4 is 5.73 Å². The molecule has 2 heterocycles. The Morgan fingerprint density at radius 3 is 2.60 bits per heavy atom. The molecule has 2 aliphatic rings. The maximum atomic E-state index is 6.07. The molecule has 1 saturated carbocycles. The Morgan fingerprint density at radius 1 is 1.12 bits per heavy atom. The number of benzene rings is 1. The van der Waals surface area contributed by atoms with Gasteiger partial charge in [-0.2, -0.15) is 0 Å². The van der Waals surface area contributed by atoms with Crippen molar-refractivity contribution in [3.05, 3.63) is 52.0 Å².